The van der Waals surface area contributed by atoms with Crippen molar-refractivity contribution < 1.29 is 22.0 Å². The van der Waals surface area contributed by atoms with E-state index in [0.717, 1.165) is 0 Å². The van der Waals surface area contributed by atoms with Crippen LogP contribution in [0.4, 0.5) is 8.39 Å². The highest BCUT2D eigenvalue weighted by molar-refractivity contribution is 14.2. The molecule has 156 valence electrons. The maximum absolute atomic E-state index is 15.8. The van der Waals surface area contributed by atoms with E-state index in [2.05, 4.69) is 13.5 Å². The highest BCUT2D eigenvalue weighted by Gasteiger charge is 2.42. The number of rotatable bonds is 6. The van der Waals surface area contributed by atoms with E-state index < -0.39 is 20.6 Å². The van der Waals surface area contributed by atoms with Gasteiger partial charge in [-0.05, 0) is 36.4 Å². The van der Waals surface area contributed by atoms with Gasteiger partial charge in [-0.25, -0.2) is 0 Å². The van der Waals surface area contributed by atoms with Gasteiger partial charge in [-0.1, -0.05) is 54.6 Å². The molecule has 1 aliphatic heterocycles. The van der Waals surface area contributed by atoms with E-state index in [9.17, 15) is 0 Å². The average Bonchev–Trinajstić information content (AvgIpc) is 2.68. The molecule has 0 fully saturated rings. The molecule has 4 rings (SSSR count). The minimum atomic E-state index is -4.48. The van der Waals surface area contributed by atoms with Crippen LogP contribution in [0.5, 0.6) is 17.2 Å². The predicted octanol–water partition coefficient (Wildman–Crippen LogP) is 9.45. The Hall–Kier alpha value is -1.66. The van der Waals surface area contributed by atoms with E-state index in [1.54, 1.807) is 113 Å². The van der Waals surface area contributed by atoms with Crippen LogP contribution in [0.15, 0.2) is 105 Å². The van der Waals surface area contributed by atoms with Gasteiger partial charge in [0, 0.05) is 22.0 Å². The van der Waals surface area contributed by atoms with Crippen LogP contribution >= 0.6 is 42.6 Å². The van der Waals surface area contributed by atoms with Gasteiger partial charge in [0.1, 0.15) is 17.2 Å². The van der Waals surface area contributed by atoms with Crippen molar-refractivity contribution in [3.63, 3.8) is 0 Å². The molecule has 0 bridgehead atoms. The second-order valence-electron chi connectivity index (χ2n) is 5.90. The fraction of sp³-hybridized carbons (Fsp3) is 0. The molecule has 12 heteroatoms. The zero-order valence-electron chi connectivity index (χ0n) is 15.2. The average molecular weight is 579 g/mol. The third-order valence-corrected chi connectivity index (χ3v) is 14.2. The fourth-order valence-corrected chi connectivity index (χ4v) is 14.1. The molecule has 0 aliphatic carbocycles. The first-order chi connectivity index (χ1) is 14.4. The number of benzene rings is 3. The Morgan fingerprint density at radius 3 is 1.33 bits per heavy atom. The normalized spacial score (nSPS) is 27.7. The van der Waals surface area contributed by atoms with Gasteiger partial charge in [0.2, 0.25) is 0 Å². The molecule has 3 atom stereocenters. The molecular formula is C18H15F2IN3O3P3. The summed E-state index contributed by atoms with van der Waals surface area (Å²) in [4.78, 5) is 0. The Kier molecular flexibility index (Phi) is 6.35. The zero-order chi connectivity index (χ0) is 21.1. The number of para-hydroxylation sites is 3. The molecule has 30 heavy (non-hydrogen) atoms. The van der Waals surface area contributed by atoms with Crippen molar-refractivity contribution in [2.24, 2.45) is 13.5 Å². The van der Waals surface area contributed by atoms with Gasteiger partial charge in [0.05, 0.1) is 0 Å². The van der Waals surface area contributed by atoms with Gasteiger partial charge < -0.3 is 13.6 Å². The van der Waals surface area contributed by atoms with E-state index in [0.29, 0.717) is 5.75 Å². The van der Waals surface area contributed by atoms with Crippen molar-refractivity contribution >= 4 is 42.6 Å². The monoisotopic (exact) mass is 579 g/mol. The summed E-state index contributed by atoms with van der Waals surface area (Å²) in [6.07, 6.45) is 0. The third-order valence-electron chi connectivity index (χ3n) is 3.56. The Morgan fingerprint density at radius 2 is 0.900 bits per heavy atom. The molecule has 1 aliphatic rings. The first-order valence-electron chi connectivity index (χ1n) is 8.60. The molecule has 0 radical (unpaired) electrons. The van der Waals surface area contributed by atoms with Crippen LogP contribution in [0, 0.1) is 0 Å². The number of hydrogen-bond donors (Lipinski definition) is 0. The molecule has 3 aromatic carbocycles. The van der Waals surface area contributed by atoms with Gasteiger partial charge in [-0.3, -0.25) is 0 Å². The lowest BCUT2D eigenvalue weighted by Crippen LogP contribution is -1.95. The lowest BCUT2D eigenvalue weighted by molar-refractivity contribution is 0.531. The zero-order valence-corrected chi connectivity index (χ0v) is 20.0. The van der Waals surface area contributed by atoms with E-state index in [4.69, 9.17) is 13.6 Å². The van der Waals surface area contributed by atoms with E-state index in [-0.39, 0.29) is 11.5 Å². The summed E-state index contributed by atoms with van der Waals surface area (Å²) in [5.41, 5.74) is 0. The van der Waals surface area contributed by atoms with E-state index in [1.807, 2.05) is 0 Å². The lowest BCUT2D eigenvalue weighted by atomic mass is 10.3. The number of hydrogen-bond acceptors (Lipinski definition) is 6. The van der Waals surface area contributed by atoms with Gasteiger partial charge >= 0.3 is 20.6 Å². The third kappa shape index (κ3) is 5.52. The quantitative estimate of drug-likeness (QED) is 0.216. The summed E-state index contributed by atoms with van der Waals surface area (Å²) in [6, 6.07) is 24.9. The van der Waals surface area contributed by atoms with Crippen molar-refractivity contribution in [3.8, 4) is 17.2 Å². The molecule has 0 aromatic heterocycles. The van der Waals surface area contributed by atoms with E-state index in [1.165, 1.54) is 0 Å². The Bertz CT molecular complexity index is 1030. The van der Waals surface area contributed by atoms with Crippen LogP contribution in [0.3, 0.4) is 0 Å². The summed E-state index contributed by atoms with van der Waals surface area (Å²) in [7, 11) is -8.96. The van der Waals surface area contributed by atoms with Crippen LogP contribution in [0.2, 0.25) is 0 Å². The number of nitrogens with zero attached hydrogens (tertiary/aromatic N) is 3. The summed E-state index contributed by atoms with van der Waals surface area (Å²) < 4.78 is 60.0. The van der Waals surface area contributed by atoms with E-state index >= 15 is 8.39 Å². The van der Waals surface area contributed by atoms with Crippen LogP contribution < -0.4 is 13.6 Å². The van der Waals surface area contributed by atoms with Crippen LogP contribution in [-0.4, -0.2) is 0 Å². The molecule has 3 aromatic rings. The van der Waals surface area contributed by atoms with Crippen molar-refractivity contribution in [2.75, 3.05) is 0 Å². The van der Waals surface area contributed by atoms with Crippen LogP contribution in [-0.2, 0) is 0 Å². The second kappa shape index (κ2) is 8.83. The lowest BCUT2D eigenvalue weighted by Gasteiger charge is -2.25. The maximum atomic E-state index is 15.8. The van der Waals surface area contributed by atoms with Gasteiger partial charge in [-0.15, -0.1) is 21.9 Å². The SMILES string of the molecule is FP1(Oc2ccccc2)=NP(F)(Oc2ccccc2)=NP(I)(Oc2ccccc2)=N1. The minimum absolute atomic E-state index is 0.177. The summed E-state index contributed by atoms with van der Waals surface area (Å²) in [5.74, 6) is 0.737. The highest BCUT2D eigenvalue weighted by Crippen LogP contribution is 2.82. The first kappa shape index (κ1) is 21.6. The fourth-order valence-electron chi connectivity index (χ4n) is 2.42. The van der Waals surface area contributed by atoms with Crippen molar-refractivity contribution in [2.45, 2.75) is 0 Å². The molecular weight excluding hydrogens is 564 g/mol. The van der Waals surface area contributed by atoms with Gasteiger partial charge in [0.25, 0.3) is 0 Å². The van der Waals surface area contributed by atoms with Crippen LogP contribution in [0.25, 0.3) is 0 Å². The molecule has 0 saturated heterocycles. The predicted molar refractivity (Wildman–Crippen MR) is 125 cm³/mol. The Balaban J connectivity index is 1.80. The maximum Gasteiger partial charge on any atom is 0.441 e. The Labute approximate surface area is 185 Å². The molecule has 3 unspecified atom stereocenters. The molecule has 0 amide bonds. The first-order valence-corrected chi connectivity index (χ1v) is 16.0. The Morgan fingerprint density at radius 1 is 0.533 bits per heavy atom. The van der Waals surface area contributed by atoms with Crippen molar-refractivity contribution in [3.05, 3.63) is 91.0 Å². The molecule has 0 spiro atoms. The minimum Gasteiger partial charge on any atom is -0.435 e. The smallest absolute Gasteiger partial charge is 0.435 e. The summed E-state index contributed by atoms with van der Waals surface area (Å²) in [5, 5.41) is -3.38. The van der Waals surface area contributed by atoms with Crippen molar-refractivity contribution in [1.29, 1.82) is 0 Å². The van der Waals surface area contributed by atoms with Crippen LogP contribution in [0.1, 0.15) is 0 Å². The highest BCUT2D eigenvalue weighted by atomic mass is 127. The number of halogens is 3. The molecule has 0 saturated carbocycles. The molecule has 1 heterocycles. The largest absolute Gasteiger partial charge is 0.441 e. The topological polar surface area (TPSA) is 64.8 Å². The summed E-state index contributed by atoms with van der Waals surface area (Å²) >= 11 is 1.74. The summed E-state index contributed by atoms with van der Waals surface area (Å²) in [6.45, 7) is 0. The van der Waals surface area contributed by atoms with Crippen molar-refractivity contribution in [1.82, 2.24) is 0 Å². The molecule has 6 nitrogen and oxygen atoms in total. The van der Waals surface area contributed by atoms with Gasteiger partial charge in [-0.2, -0.15) is 0 Å². The molecule has 0 N–H and O–H groups in total. The second-order valence-corrected chi connectivity index (χ2v) is 15.2. The van der Waals surface area contributed by atoms with Gasteiger partial charge in [0.15, 0.2) is 0 Å². The standard InChI is InChI=1S/C18H15F2IN3O3P3/c19-28(25-16-10-4-1-5-11-16)22-29(20,26-17-12-6-2-7-13-17)24-30(21,23-28)27-18-14-8-3-9-15-18/h1-15H.